The first-order valence-electron chi connectivity index (χ1n) is 6.52. The van der Waals surface area contributed by atoms with Gasteiger partial charge in [-0.25, -0.2) is 0 Å². The molecule has 0 radical (unpaired) electrons. The van der Waals surface area contributed by atoms with Crippen LogP contribution in [0, 0.1) is 0 Å². The number of halogens is 1. The van der Waals surface area contributed by atoms with Crippen LogP contribution in [-0.2, 0) is 6.42 Å². The molecule has 19 heavy (non-hydrogen) atoms. The molecule has 1 saturated heterocycles. The first kappa shape index (κ1) is 14.8. The van der Waals surface area contributed by atoms with E-state index in [-0.39, 0.29) is 6.04 Å². The van der Waals surface area contributed by atoms with Gasteiger partial charge in [0.2, 0.25) is 0 Å². The van der Waals surface area contributed by atoms with Crippen LogP contribution in [0.3, 0.4) is 0 Å². The minimum atomic E-state index is -1.06. The van der Waals surface area contributed by atoms with Crippen LogP contribution in [-0.4, -0.2) is 57.7 Å². The summed E-state index contributed by atoms with van der Waals surface area (Å²) in [7, 11) is 0. The molecule has 0 saturated carbocycles. The third-order valence-corrected chi connectivity index (χ3v) is 4.23. The van der Waals surface area contributed by atoms with E-state index >= 15 is 0 Å². The highest BCUT2D eigenvalue weighted by Gasteiger charge is 2.38. The van der Waals surface area contributed by atoms with Gasteiger partial charge in [-0.15, -0.1) is 0 Å². The molecule has 1 aromatic rings. The zero-order valence-electron chi connectivity index (χ0n) is 10.9. The van der Waals surface area contributed by atoms with Crippen molar-refractivity contribution in [2.24, 2.45) is 0 Å². The number of benzene rings is 1. The third kappa shape index (κ3) is 3.27. The van der Waals surface area contributed by atoms with E-state index in [1.165, 1.54) is 0 Å². The minimum Gasteiger partial charge on any atom is -0.389 e. The Labute approximate surface area is 118 Å². The van der Waals surface area contributed by atoms with Gasteiger partial charge in [0.15, 0.2) is 0 Å². The first-order valence-corrected chi connectivity index (χ1v) is 6.90. The third-order valence-electron chi connectivity index (χ3n) is 3.86. The van der Waals surface area contributed by atoms with Crippen molar-refractivity contribution in [2.45, 2.75) is 37.7 Å². The van der Waals surface area contributed by atoms with Crippen molar-refractivity contribution in [1.82, 2.24) is 4.90 Å². The molecular formula is C14H20ClNO3. The summed E-state index contributed by atoms with van der Waals surface area (Å²) in [6, 6.07) is 7.47. The molecule has 1 fully saturated rings. The van der Waals surface area contributed by atoms with Crippen molar-refractivity contribution in [3.63, 3.8) is 0 Å². The number of piperidine rings is 1. The van der Waals surface area contributed by atoms with Gasteiger partial charge >= 0.3 is 0 Å². The molecule has 106 valence electrons. The van der Waals surface area contributed by atoms with Crippen molar-refractivity contribution >= 4 is 11.6 Å². The highest BCUT2D eigenvalue weighted by molar-refractivity contribution is 6.31. The minimum absolute atomic E-state index is 0.180. The molecule has 0 amide bonds. The molecule has 2 rings (SSSR count). The van der Waals surface area contributed by atoms with Crippen molar-refractivity contribution in [1.29, 1.82) is 0 Å². The lowest BCUT2D eigenvalue weighted by Crippen LogP contribution is -2.60. The molecule has 0 bridgehead atoms. The van der Waals surface area contributed by atoms with E-state index in [0.717, 1.165) is 17.0 Å². The normalized spacial score (nSPS) is 32.5. The molecule has 1 aliphatic heterocycles. The summed E-state index contributed by atoms with van der Waals surface area (Å²) in [5.41, 5.74) is 1.05. The Morgan fingerprint density at radius 2 is 1.89 bits per heavy atom. The van der Waals surface area contributed by atoms with Crippen LogP contribution in [0.25, 0.3) is 0 Å². The Hall–Kier alpha value is -0.650. The largest absolute Gasteiger partial charge is 0.389 e. The fourth-order valence-corrected chi connectivity index (χ4v) is 2.73. The van der Waals surface area contributed by atoms with Crippen LogP contribution in [0.2, 0.25) is 5.02 Å². The summed E-state index contributed by atoms with van der Waals surface area (Å²) in [6.07, 6.45) is -2.14. The second kappa shape index (κ2) is 6.20. The van der Waals surface area contributed by atoms with Crippen molar-refractivity contribution in [3.8, 4) is 0 Å². The predicted molar refractivity (Wildman–Crippen MR) is 74.2 cm³/mol. The van der Waals surface area contributed by atoms with Crippen LogP contribution in [0.1, 0.15) is 12.5 Å². The van der Waals surface area contributed by atoms with Gasteiger partial charge in [0.05, 0.1) is 12.2 Å². The monoisotopic (exact) mass is 285 g/mol. The topological polar surface area (TPSA) is 63.9 Å². The average Bonchev–Trinajstić information content (AvgIpc) is 2.40. The number of hydrogen-bond acceptors (Lipinski definition) is 4. The van der Waals surface area contributed by atoms with E-state index in [9.17, 15) is 15.3 Å². The molecule has 1 heterocycles. The van der Waals surface area contributed by atoms with Gasteiger partial charge in [-0.05, 0) is 25.0 Å². The maximum atomic E-state index is 9.86. The molecule has 0 aliphatic carbocycles. The lowest BCUT2D eigenvalue weighted by molar-refractivity contribution is -0.132. The molecule has 1 aliphatic rings. The standard InChI is InChI=1S/C14H20ClNO3/c1-9-13(18)14(19)12(17)8-16(9)7-6-10-4-2-3-5-11(10)15/h2-5,9,12-14,17-19H,6-8H2,1H3/t9-,12+,13-,14-/m1/s1. The number of aliphatic hydroxyl groups is 3. The van der Waals surface area contributed by atoms with Crippen LogP contribution in [0.15, 0.2) is 24.3 Å². The molecule has 4 atom stereocenters. The van der Waals surface area contributed by atoms with E-state index in [1.54, 1.807) is 0 Å². The molecule has 0 unspecified atom stereocenters. The van der Waals surface area contributed by atoms with Crippen LogP contribution in [0.5, 0.6) is 0 Å². The van der Waals surface area contributed by atoms with Gasteiger partial charge < -0.3 is 15.3 Å². The molecular weight excluding hydrogens is 266 g/mol. The van der Waals surface area contributed by atoms with E-state index < -0.39 is 18.3 Å². The maximum absolute atomic E-state index is 9.86. The number of likely N-dealkylation sites (tertiary alicyclic amines) is 1. The summed E-state index contributed by atoms with van der Waals surface area (Å²) in [5.74, 6) is 0. The Kier molecular flexibility index (Phi) is 4.81. The van der Waals surface area contributed by atoms with Crippen molar-refractivity contribution < 1.29 is 15.3 Å². The van der Waals surface area contributed by atoms with Crippen LogP contribution in [0.4, 0.5) is 0 Å². The molecule has 0 spiro atoms. The van der Waals surface area contributed by atoms with E-state index in [1.807, 2.05) is 36.1 Å². The van der Waals surface area contributed by atoms with Gasteiger partial charge in [-0.1, -0.05) is 29.8 Å². The second-order valence-corrected chi connectivity index (χ2v) is 5.53. The average molecular weight is 286 g/mol. The Morgan fingerprint density at radius 1 is 1.21 bits per heavy atom. The fraction of sp³-hybridized carbons (Fsp3) is 0.571. The second-order valence-electron chi connectivity index (χ2n) is 5.13. The molecule has 5 heteroatoms. The predicted octanol–water partition coefficient (Wildman–Crippen LogP) is 0.669. The van der Waals surface area contributed by atoms with Crippen molar-refractivity contribution in [2.75, 3.05) is 13.1 Å². The number of β-amino-alcohol motifs (C(OH)–C–C–N with tert-alkyl or cyclic N) is 1. The summed E-state index contributed by atoms with van der Waals surface area (Å²) < 4.78 is 0. The molecule has 0 aromatic heterocycles. The van der Waals surface area contributed by atoms with Crippen LogP contribution >= 0.6 is 11.6 Å². The highest BCUT2D eigenvalue weighted by atomic mass is 35.5. The smallest absolute Gasteiger partial charge is 0.108 e. The van der Waals surface area contributed by atoms with Gasteiger partial charge in [0, 0.05) is 24.2 Å². The summed E-state index contributed by atoms with van der Waals surface area (Å²) in [5, 5.41) is 29.9. The van der Waals surface area contributed by atoms with Gasteiger partial charge in [-0.3, -0.25) is 4.90 Å². The van der Waals surface area contributed by atoms with Crippen LogP contribution < -0.4 is 0 Å². The summed E-state index contributed by atoms with van der Waals surface area (Å²) in [4.78, 5) is 1.98. The van der Waals surface area contributed by atoms with E-state index in [2.05, 4.69) is 0 Å². The highest BCUT2D eigenvalue weighted by Crippen LogP contribution is 2.21. The zero-order chi connectivity index (χ0) is 14.0. The summed E-state index contributed by atoms with van der Waals surface area (Å²) >= 11 is 6.10. The summed E-state index contributed by atoms with van der Waals surface area (Å²) in [6.45, 7) is 2.90. The lowest BCUT2D eigenvalue weighted by Gasteiger charge is -2.42. The Bertz CT molecular complexity index is 429. The van der Waals surface area contributed by atoms with Gasteiger partial charge in [0.25, 0.3) is 0 Å². The van der Waals surface area contributed by atoms with E-state index in [0.29, 0.717) is 13.1 Å². The number of hydrogen-bond donors (Lipinski definition) is 3. The van der Waals surface area contributed by atoms with Gasteiger partial charge in [-0.2, -0.15) is 0 Å². The Morgan fingerprint density at radius 3 is 2.58 bits per heavy atom. The SMILES string of the molecule is C[C@@H]1[C@@H](O)[C@H](O)[C@@H](O)CN1CCc1ccccc1Cl. The maximum Gasteiger partial charge on any atom is 0.108 e. The fourth-order valence-electron chi connectivity index (χ4n) is 2.50. The quantitative estimate of drug-likeness (QED) is 0.764. The Balaban J connectivity index is 1.98. The molecule has 1 aromatic carbocycles. The zero-order valence-corrected chi connectivity index (χ0v) is 11.7. The molecule has 4 nitrogen and oxygen atoms in total. The number of rotatable bonds is 3. The molecule has 3 N–H and O–H groups in total. The first-order chi connectivity index (χ1) is 9.00. The van der Waals surface area contributed by atoms with Crippen molar-refractivity contribution in [3.05, 3.63) is 34.9 Å². The van der Waals surface area contributed by atoms with E-state index in [4.69, 9.17) is 11.6 Å². The number of aliphatic hydroxyl groups excluding tert-OH is 3. The number of nitrogens with zero attached hydrogens (tertiary/aromatic N) is 1. The van der Waals surface area contributed by atoms with Gasteiger partial charge in [0.1, 0.15) is 6.10 Å². The lowest BCUT2D eigenvalue weighted by atomic mass is 9.94.